The predicted molar refractivity (Wildman–Crippen MR) is 293 cm³/mol. The van der Waals surface area contributed by atoms with Crippen molar-refractivity contribution >= 4 is 33.1 Å². The molecule has 0 N–H and O–H groups in total. The van der Waals surface area contributed by atoms with Crippen molar-refractivity contribution in [3.63, 3.8) is 0 Å². The third kappa shape index (κ3) is 5.65. The standard InChI is InChI=1S/C70H54/c1-5-16-41(17-6-1)48-33-49(42-18-7-2-8-19-42)35-51(34-48)50-32-47-29-28-45-30-31-56-68-62(38-52(36-50)63(47)66(45)68)70-65(44-22-11-4-12-23-44)60-39-57-55-27-15-26-54-53-25-14-13-24-46(53)37-59(67(54)55)58(57)40-61(60)64(69(56)70)43-20-9-3-10-21-43/h1,3-5,7,9-12,14-16,18-23,25-29,32-33,35-36,38-40,46-47,51,63H,2,6,8,13,17,24,30-31,34,37H2. The topological polar surface area (TPSA) is 0 Å². The summed E-state index contributed by atoms with van der Waals surface area (Å²) < 4.78 is 0. The second-order valence-corrected chi connectivity index (χ2v) is 21.7. The number of rotatable bonds is 5. The maximum absolute atomic E-state index is 2.70. The molecule has 0 amide bonds. The first-order chi connectivity index (χ1) is 34.7. The molecule has 16 rings (SSSR count). The predicted octanol–water partition coefficient (Wildman–Crippen LogP) is 16.2. The third-order valence-electron chi connectivity index (χ3n) is 18.1. The highest BCUT2D eigenvalue weighted by molar-refractivity contribution is 6.22. The van der Waals surface area contributed by atoms with E-state index < -0.39 is 0 Å². The molecule has 4 unspecified atom stereocenters. The zero-order valence-electron chi connectivity index (χ0n) is 39.7. The fraction of sp³-hybridized carbons (Fsp3) is 0.200. The van der Waals surface area contributed by atoms with Crippen LogP contribution >= 0.6 is 0 Å². The molecule has 0 aliphatic heterocycles. The molecule has 70 heavy (non-hydrogen) atoms. The summed E-state index contributed by atoms with van der Waals surface area (Å²) in [6, 6.07) is 35.4. The van der Waals surface area contributed by atoms with Gasteiger partial charge in [-0.2, -0.15) is 0 Å². The Morgan fingerprint density at radius 1 is 0.543 bits per heavy atom. The summed E-state index contributed by atoms with van der Waals surface area (Å²) in [5.41, 5.74) is 32.3. The highest BCUT2D eigenvalue weighted by Crippen LogP contribution is 2.64. The number of hydrogen-bond donors (Lipinski definition) is 0. The van der Waals surface area contributed by atoms with E-state index in [1.807, 2.05) is 0 Å². The quantitative estimate of drug-likeness (QED) is 0.165. The van der Waals surface area contributed by atoms with Crippen LogP contribution in [0.3, 0.4) is 0 Å². The smallest absolute Gasteiger partial charge is 0.0196 e. The molecule has 0 heterocycles. The molecule has 334 valence electrons. The maximum atomic E-state index is 2.70. The summed E-state index contributed by atoms with van der Waals surface area (Å²) in [6.07, 6.45) is 48.6. The average Bonchev–Trinajstić information content (AvgIpc) is 3.92. The van der Waals surface area contributed by atoms with Crippen molar-refractivity contribution < 1.29 is 0 Å². The minimum atomic E-state index is 0.318. The van der Waals surface area contributed by atoms with Crippen molar-refractivity contribution in [1.82, 2.24) is 0 Å². The Morgan fingerprint density at radius 3 is 2.19 bits per heavy atom. The molecule has 0 aromatic heterocycles. The van der Waals surface area contributed by atoms with E-state index in [1.165, 1.54) is 123 Å². The van der Waals surface area contributed by atoms with Crippen LogP contribution in [0.4, 0.5) is 0 Å². The van der Waals surface area contributed by atoms with E-state index in [-0.39, 0.29) is 0 Å². The van der Waals surface area contributed by atoms with Crippen LogP contribution in [0.5, 0.6) is 0 Å². The fourth-order valence-electron chi connectivity index (χ4n) is 15.1. The Bertz CT molecular complexity index is 3840. The summed E-state index contributed by atoms with van der Waals surface area (Å²) >= 11 is 0. The molecule has 11 aliphatic carbocycles. The normalized spacial score (nSPS) is 24.8. The molecule has 5 aromatic rings. The molecule has 4 atom stereocenters. The van der Waals surface area contributed by atoms with Gasteiger partial charge in [0.2, 0.25) is 0 Å². The van der Waals surface area contributed by atoms with Crippen LogP contribution in [0.25, 0.3) is 66.4 Å². The SMILES string of the molecule is C1=CCCC(C2=CC(C3=CCCC=C3)=CC(C3=CC4C=CC5=C6C7=C(CC5)c5c(c(-c8ccccc8)c8cc9c(cc8c5-c5ccccc5)C5=c8c-9cccc8=C8C=CCCC8C5)C7=CC(=C3)C64)C2)=C1. The second kappa shape index (κ2) is 15.1. The Labute approximate surface area is 411 Å². The van der Waals surface area contributed by atoms with Crippen molar-refractivity contribution in [2.24, 2.45) is 23.7 Å². The van der Waals surface area contributed by atoms with E-state index in [4.69, 9.17) is 0 Å². The third-order valence-corrected chi connectivity index (χ3v) is 18.1. The monoisotopic (exact) mass is 894 g/mol. The van der Waals surface area contributed by atoms with Gasteiger partial charge in [-0.05, 0) is 232 Å². The molecule has 0 saturated carbocycles. The summed E-state index contributed by atoms with van der Waals surface area (Å²) in [4.78, 5) is 0. The number of benzene rings is 5. The Balaban J connectivity index is 0.950. The van der Waals surface area contributed by atoms with E-state index >= 15 is 0 Å². The average molecular weight is 895 g/mol. The van der Waals surface area contributed by atoms with Gasteiger partial charge in [-0.3, -0.25) is 0 Å². The van der Waals surface area contributed by atoms with Gasteiger partial charge in [0, 0.05) is 17.8 Å². The van der Waals surface area contributed by atoms with E-state index in [1.54, 1.807) is 33.4 Å². The Morgan fingerprint density at radius 2 is 1.37 bits per heavy atom. The first-order valence-corrected chi connectivity index (χ1v) is 26.5. The van der Waals surface area contributed by atoms with Gasteiger partial charge in [0.25, 0.3) is 0 Å². The first kappa shape index (κ1) is 39.6. The molecule has 0 saturated heterocycles. The number of fused-ring (bicyclic) bond motifs is 8. The van der Waals surface area contributed by atoms with Gasteiger partial charge in [0.15, 0.2) is 0 Å². The molecule has 0 fully saturated rings. The first-order valence-electron chi connectivity index (χ1n) is 26.5. The van der Waals surface area contributed by atoms with Crippen LogP contribution < -0.4 is 10.4 Å². The lowest BCUT2D eigenvalue weighted by atomic mass is 9.62. The van der Waals surface area contributed by atoms with Gasteiger partial charge in [-0.1, -0.05) is 164 Å². The minimum Gasteiger partial charge on any atom is -0.0842 e. The minimum absolute atomic E-state index is 0.318. The zero-order valence-corrected chi connectivity index (χ0v) is 39.7. The summed E-state index contributed by atoms with van der Waals surface area (Å²) in [7, 11) is 0. The molecule has 0 bridgehead atoms. The molecule has 0 nitrogen and oxygen atoms in total. The van der Waals surface area contributed by atoms with Crippen LogP contribution in [-0.2, 0) is 0 Å². The van der Waals surface area contributed by atoms with Crippen LogP contribution in [0.15, 0.2) is 232 Å². The van der Waals surface area contributed by atoms with Gasteiger partial charge in [0.1, 0.15) is 0 Å². The van der Waals surface area contributed by atoms with Crippen molar-refractivity contribution in [2.75, 3.05) is 0 Å². The van der Waals surface area contributed by atoms with Crippen molar-refractivity contribution in [2.45, 2.75) is 64.2 Å². The molecular formula is C70H54. The van der Waals surface area contributed by atoms with E-state index in [0.717, 1.165) is 51.4 Å². The Hall–Kier alpha value is -7.28. The van der Waals surface area contributed by atoms with Gasteiger partial charge in [-0.15, -0.1) is 0 Å². The van der Waals surface area contributed by atoms with E-state index in [0.29, 0.717) is 23.7 Å². The van der Waals surface area contributed by atoms with Gasteiger partial charge in [-0.25, -0.2) is 0 Å². The van der Waals surface area contributed by atoms with Crippen LogP contribution in [-0.4, -0.2) is 0 Å². The number of allylic oxidation sites excluding steroid dienone is 26. The maximum Gasteiger partial charge on any atom is 0.0196 e. The van der Waals surface area contributed by atoms with Crippen LogP contribution in [0.2, 0.25) is 0 Å². The van der Waals surface area contributed by atoms with Crippen molar-refractivity contribution in [1.29, 1.82) is 0 Å². The van der Waals surface area contributed by atoms with E-state index in [9.17, 15) is 0 Å². The van der Waals surface area contributed by atoms with Crippen molar-refractivity contribution in [3.8, 4) is 33.4 Å². The molecule has 0 heteroatoms. The number of hydrogen-bond acceptors (Lipinski definition) is 0. The van der Waals surface area contributed by atoms with Crippen molar-refractivity contribution in [3.05, 3.63) is 259 Å². The Kier molecular flexibility index (Phi) is 8.54. The zero-order chi connectivity index (χ0) is 45.6. The highest BCUT2D eigenvalue weighted by Gasteiger charge is 2.46. The lowest BCUT2D eigenvalue weighted by Crippen LogP contribution is -2.35. The second-order valence-electron chi connectivity index (χ2n) is 21.7. The van der Waals surface area contributed by atoms with Gasteiger partial charge < -0.3 is 0 Å². The van der Waals surface area contributed by atoms with E-state index in [2.05, 4.69) is 182 Å². The summed E-state index contributed by atoms with van der Waals surface area (Å²) in [6.45, 7) is 0. The molecule has 11 aliphatic rings. The summed E-state index contributed by atoms with van der Waals surface area (Å²) in [5.74, 6) is 1.57. The molecule has 0 spiro atoms. The lowest BCUT2D eigenvalue weighted by molar-refractivity contribution is 0.574. The highest BCUT2D eigenvalue weighted by atomic mass is 14.5. The van der Waals surface area contributed by atoms with Gasteiger partial charge in [0.05, 0.1) is 0 Å². The molecule has 0 radical (unpaired) electrons. The van der Waals surface area contributed by atoms with Crippen LogP contribution in [0.1, 0.15) is 80.9 Å². The molecule has 5 aromatic carbocycles. The lowest BCUT2D eigenvalue weighted by Gasteiger charge is -2.41. The summed E-state index contributed by atoms with van der Waals surface area (Å²) in [5, 5.41) is 5.72. The van der Waals surface area contributed by atoms with Crippen LogP contribution in [0, 0.1) is 23.7 Å². The fourth-order valence-corrected chi connectivity index (χ4v) is 15.1. The molecular weight excluding hydrogens is 841 g/mol. The largest absolute Gasteiger partial charge is 0.0842 e. The van der Waals surface area contributed by atoms with Gasteiger partial charge >= 0.3 is 0 Å².